The highest BCUT2D eigenvalue weighted by molar-refractivity contribution is 5.98. The van der Waals surface area contributed by atoms with Gasteiger partial charge in [-0.25, -0.2) is 4.39 Å². The first-order chi connectivity index (χ1) is 15.0. The number of carbonyl (C=O) groups is 2. The Balaban J connectivity index is 1.35. The van der Waals surface area contributed by atoms with Crippen molar-refractivity contribution in [1.29, 1.82) is 0 Å². The first kappa shape index (κ1) is 20.5. The Morgan fingerprint density at radius 2 is 1.71 bits per heavy atom. The number of Topliss-reactive ketones (excluding diaryl/α,β-unsaturated/α-hetero) is 1. The van der Waals surface area contributed by atoms with Crippen molar-refractivity contribution in [1.82, 2.24) is 10.3 Å². The van der Waals surface area contributed by atoms with Crippen molar-refractivity contribution in [3.63, 3.8) is 0 Å². The number of H-pyrrole nitrogens is 1. The van der Waals surface area contributed by atoms with Gasteiger partial charge in [0, 0.05) is 34.8 Å². The molecule has 1 aromatic heterocycles. The van der Waals surface area contributed by atoms with Gasteiger partial charge in [0.25, 0.3) is 5.91 Å². The molecule has 0 fully saturated rings. The standard InChI is InChI=1S/C26H23FN2O2/c1-17(30)21-9-10-25-24(15-21)22(16-29-25)11-12-28-26(31)20-7-5-18(6-8-20)13-19-3-2-4-23(27)14-19/h2-10,14-16,29H,11-13H2,1H3,(H,28,31). The molecule has 0 saturated carbocycles. The van der Waals surface area contributed by atoms with Gasteiger partial charge in [-0.05, 0) is 78.9 Å². The van der Waals surface area contributed by atoms with Crippen LogP contribution in [0.3, 0.4) is 0 Å². The van der Waals surface area contributed by atoms with E-state index in [4.69, 9.17) is 0 Å². The molecule has 2 N–H and O–H groups in total. The molecule has 5 heteroatoms. The van der Waals surface area contributed by atoms with Crippen LogP contribution in [0.25, 0.3) is 10.9 Å². The zero-order chi connectivity index (χ0) is 21.8. The normalized spacial score (nSPS) is 10.9. The number of amides is 1. The quantitative estimate of drug-likeness (QED) is 0.415. The fourth-order valence-electron chi connectivity index (χ4n) is 3.67. The van der Waals surface area contributed by atoms with Gasteiger partial charge < -0.3 is 10.3 Å². The summed E-state index contributed by atoms with van der Waals surface area (Å²) in [6.07, 6.45) is 3.19. The van der Waals surface area contributed by atoms with E-state index < -0.39 is 0 Å². The maximum atomic E-state index is 13.3. The minimum atomic E-state index is -0.249. The molecule has 0 aliphatic rings. The topological polar surface area (TPSA) is 62.0 Å². The van der Waals surface area contributed by atoms with E-state index in [0.29, 0.717) is 30.5 Å². The molecule has 4 rings (SSSR count). The number of fused-ring (bicyclic) bond motifs is 1. The Bertz CT molecular complexity index is 1240. The molecule has 0 radical (unpaired) electrons. The number of rotatable bonds is 7. The number of hydrogen-bond acceptors (Lipinski definition) is 2. The van der Waals surface area contributed by atoms with Crippen LogP contribution in [0.4, 0.5) is 4.39 Å². The predicted octanol–water partition coefficient (Wildman–Crippen LogP) is 5.07. The van der Waals surface area contributed by atoms with Crippen molar-refractivity contribution >= 4 is 22.6 Å². The highest BCUT2D eigenvalue weighted by atomic mass is 19.1. The molecule has 31 heavy (non-hydrogen) atoms. The fourth-order valence-corrected chi connectivity index (χ4v) is 3.67. The van der Waals surface area contributed by atoms with Gasteiger partial charge in [-0.1, -0.05) is 24.3 Å². The minimum Gasteiger partial charge on any atom is -0.361 e. The van der Waals surface area contributed by atoms with Crippen molar-refractivity contribution in [3.05, 3.63) is 107 Å². The number of nitrogens with one attached hydrogen (secondary N) is 2. The van der Waals surface area contributed by atoms with Crippen LogP contribution in [-0.2, 0) is 12.8 Å². The van der Waals surface area contributed by atoms with Crippen molar-refractivity contribution in [2.45, 2.75) is 19.8 Å². The summed E-state index contributed by atoms with van der Waals surface area (Å²) in [5.41, 5.74) is 5.20. The van der Waals surface area contributed by atoms with Crippen LogP contribution in [-0.4, -0.2) is 23.2 Å². The molecule has 0 saturated heterocycles. The molecule has 0 unspecified atom stereocenters. The van der Waals surface area contributed by atoms with Gasteiger partial charge in [0.1, 0.15) is 5.82 Å². The van der Waals surface area contributed by atoms with Crippen LogP contribution < -0.4 is 5.32 Å². The molecule has 0 bridgehead atoms. The van der Waals surface area contributed by atoms with E-state index in [1.165, 1.54) is 12.1 Å². The molecule has 0 atom stereocenters. The van der Waals surface area contributed by atoms with Gasteiger partial charge >= 0.3 is 0 Å². The van der Waals surface area contributed by atoms with Gasteiger partial charge in [0.15, 0.2) is 5.78 Å². The molecule has 156 valence electrons. The number of aromatic amines is 1. The molecule has 1 amide bonds. The molecule has 1 heterocycles. The second-order valence-corrected chi connectivity index (χ2v) is 7.64. The maximum Gasteiger partial charge on any atom is 0.251 e. The summed E-state index contributed by atoms with van der Waals surface area (Å²) in [4.78, 5) is 27.3. The monoisotopic (exact) mass is 414 g/mol. The molecule has 0 aliphatic heterocycles. The van der Waals surface area contributed by atoms with Gasteiger partial charge in [0.05, 0.1) is 0 Å². The van der Waals surface area contributed by atoms with Gasteiger partial charge in [-0.3, -0.25) is 9.59 Å². The molecule has 4 aromatic rings. The van der Waals surface area contributed by atoms with E-state index >= 15 is 0 Å². The minimum absolute atomic E-state index is 0.0307. The van der Waals surface area contributed by atoms with E-state index in [1.807, 2.05) is 42.6 Å². The summed E-state index contributed by atoms with van der Waals surface area (Å²) in [6, 6.07) is 19.5. The maximum absolute atomic E-state index is 13.3. The first-order valence-electron chi connectivity index (χ1n) is 10.2. The van der Waals surface area contributed by atoms with E-state index in [-0.39, 0.29) is 17.5 Å². The Morgan fingerprint density at radius 1 is 0.935 bits per heavy atom. The van der Waals surface area contributed by atoms with E-state index in [2.05, 4.69) is 10.3 Å². The summed E-state index contributed by atoms with van der Waals surface area (Å²) in [6.45, 7) is 2.04. The molecule has 0 spiro atoms. The molecular weight excluding hydrogens is 391 g/mol. The van der Waals surface area contributed by atoms with Crippen molar-refractivity contribution in [2.24, 2.45) is 0 Å². The van der Waals surface area contributed by atoms with Crippen LogP contribution in [0.2, 0.25) is 0 Å². The zero-order valence-corrected chi connectivity index (χ0v) is 17.2. The number of benzene rings is 3. The zero-order valence-electron chi connectivity index (χ0n) is 17.2. The Labute approximate surface area is 180 Å². The largest absolute Gasteiger partial charge is 0.361 e. The average molecular weight is 414 g/mol. The van der Waals surface area contributed by atoms with Crippen LogP contribution in [0.1, 0.15) is 44.3 Å². The van der Waals surface area contributed by atoms with Gasteiger partial charge in [0.2, 0.25) is 0 Å². The molecular formula is C26H23FN2O2. The Morgan fingerprint density at radius 3 is 2.45 bits per heavy atom. The Kier molecular flexibility index (Phi) is 5.94. The predicted molar refractivity (Wildman–Crippen MR) is 120 cm³/mol. The fraction of sp³-hybridized carbons (Fsp3) is 0.154. The number of aromatic nitrogens is 1. The molecule has 0 aliphatic carbocycles. The van der Waals surface area contributed by atoms with Crippen LogP contribution in [0.5, 0.6) is 0 Å². The lowest BCUT2D eigenvalue weighted by Gasteiger charge is -2.07. The third-order valence-corrected chi connectivity index (χ3v) is 5.37. The summed E-state index contributed by atoms with van der Waals surface area (Å²) in [5, 5.41) is 3.95. The molecule has 4 nitrogen and oxygen atoms in total. The summed E-state index contributed by atoms with van der Waals surface area (Å²) < 4.78 is 13.3. The lowest BCUT2D eigenvalue weighted by Crippen LogP contribution is -2.25. The Hall–Kier alpha value is -3.73. The lowest BCUT2D eigenvalue weighted by molar-refractivity contribution is 0.0953. The number of halogens is 1. The number of hydrogen-bond donors (Lipinski definition) is 2. The lowest BCUT2D eigenvalue weighted by atomic mass is 10.0. The number of carbonyl (C=O) groups excluding carboxylic acids is 2. The third-order valence-electron chi connectivity index (χ3n) is 5.37. The highest BCUT2D eigenvalue weighted by Gasteiger charge is 2.09. The van der Waals surface area contributed by atoms with E-state index in [1.54, 1.807) is 25.1 Å². The average Bonchev–Trinajstić information content (AvgIpc) is 3.16. The van der Waals surface area contributed by atoms with E-state index in [0.717, 1.165) is 27.6 Å². The van der Waals surface area contributed by atoms with Crippen LogP contribution >= 0.6 is 0 Å². The van der Waals surface area contributed by atoms with Crippen LogP contribution in [0.15, 0.2) is 72.9 Å². The number of ketones is 1. The van der Waals surface area contributed by atoms with Gasteiger partial charge in [-0.2, -0.15) is 0 Å². The van der Waals surface area contributed by atoms with Crippen molar-refractivity contribution in [2.75, 3.05) is 6.54 Å². The summed E-state index contributed by atoms with van der Waals surface area (Å²) in [7, 11) is 0. The first-order valence-corrected chi connectivity index (χ1v) is 10.2. The summed E-state index contributed by atoms with van der Waals surface area (Å²) in [5.74, 6) is -0.356. The smallest absolute Gasteiger partial charge is 0.251 e. The summed E-state index contributed by atoms with van der Waals surface area (Å²) >= 11 is 0. The second kappa shape index (κ2) is 8.96. The van der Waals surface area contributed by atoms with E-state index in [9.17, 15) is 14.0 Å². The van der Waals surface area contributed by atoms with Crippen LogP contribution in [0, 0.1) is 5.82 Å². The third kappa shape index (κ3) is 4.89. The highest BCUT2D eigenvalue weighted by Crippen LogP contribution is 2.20. The SMILES string of the molecule is CC(=O)c1ccc2[nH]cc(CCNC(=O)c3ccc(Cc4cccc(F)c4)cc3)c2c1. The van der Waals surface area contributed by atoms with Gasteiger partial charge in [-0.15, -0.1) is 0 Å². The van der Waals surface area contributed by atoms with Crippen molar-refractivity contribution < 1.29 is 14.0 Å². The molecule has 3 aromatic carbocycles. The van der Waals surface area contributed by atoms with Crippen molar-refractivity contribution in [3.8, 4) is 0 Å². The second-order valence-electron chi connectivity index (χ2n) is 7.64.